The van der Waals surface area contributed by atoms with E-state index < -0.39 is 0 Å². The van der Waals surface area contributed by atoms with E-state index in [1.165, 1.54) is 0 Å². The zero-order valence-corrected chi connectivity index (χ0v) is 13.0. The molecular formula is C17H13ClN2O3. The van der Waals surface area contributed by atoms with Gasteiger partial charge in [-0.3, -0.25) is 4.79 Å². The predicted molar refractivity (Wildman–Crippen MR) is 87.9 cm³/mol. The molecule has 0 fully saturated rings. The van der Waals surface area contributed by atoms with Crippen molar-refractivity contribution in [1.29, 1.82) is 0 Å². The highest BCUT2D eigenvalue weighted by Crippen LogP contribution is 2.23. The SMILES string of the molecule is COc1cccc(NC(=O)c2cc(-c3ccc(Cl)cc3)on2)c1. The summed E-state index contributed by atoms with van der Waals surface area (Å²) in [5.41, 5.74) is 1.60. The molecule has 6 heteroatoms. The van der Waals surface area contributed by atoms with Crippen LogP contribution >= 0.6 is 11.6 Å². The van der Waals surface area contributed by atoms with E-state index in [0.717, 1.165) is 5.56 Å². The van der Waals surface area contributed by atoms with E-state index in [0.29, 0.717) is 22.2 Å². The zero-order chi connectivity index (χ0) is 16.2. The number of rotatable bonds is 4. The molecule has 116 valence electrons. The van der Waals surface area contributed by atoms with Gasteiger partial charge in [-0.05, 0) is 36.4 Å². The van der Waals surface area contributed by atoms with Gasteiger partial charge >= 0.3 is 0 Å². The first kappa shape index (κ1) is 15.1. The predicted octanol–water partition coefficient (Wildman–Crippen LogP) is 4.26. The fourth-order valence-corrected chi connectivity index (χ4v) is 2.15. The normalized spacial score (nSPS) is 10.3. The molecule has 0 unspecified atom stereocenters. The third kappa shape index (κ3) is 3.52. The van der Waals surface area contributed by atoms with E-state index in [9.17, 15) is 4.79 Å². The van der Waals surface area contributed by atoms with Crippen LogP contribution in [0.2, 0.25) is 5.02 Å². The number of anilines is 1. The average molecular weight is 329 g/mol. The second kappa shape index (κ2) is 6.54. The highest BCUT2D eigenvalue weighted by Gasteiger charge is 2.14. The maximum absolute atomic E-state index is 12.2. The number of ether oxygens (including phenoxy) is 1. The van der Waals surface area contributed by atoms with Crippen LogP contribution < -0.4 is 10.1 Å². The fraction of sp³-hybridized carbons (Fsp3) is 0.0588. The summed E-state index contributed by atoms with van der Waals surface area (Å²) >= 11 is 5.85. The van der Waals surface area contributed by atoms with Gasteiger partial charge in [0.05, 0.1) is 7.11 Å². The lowest BCUT2D eigenvalue weighted by atomic mass is 10.1. The van der Waals surface area contributed by atoms with Crippen molar-refractivity contribution in [3.63, 3.8) is 0 Å². The molecule has 0 aliphatic rings. The van der Waals surface area contributed by atoms with Gasteiger partial charge in [-0.2, -0.15) is 0 Å². The molecule has 0 saturated heterocycles. The molecule has 2 aromatic carbocycles. The van der Waals surface area contributed by atoms with Crippen LogP contribution in [-0.2, 0) is 0 Å². The van der Waals surface area contributed by atoms with Crippen molar-refractivity contribution >= 4 is 23.2 Å². The lowest BCUT2D eigenvalue weighted by Gasteiger charge is -2.04. The van der Waals surface area contributed by atoms with Crippen molar-refractivity contribution in [1.82, 2.24) is 5.16 Å². The topological polar surface area (TPSA) is 64.4 Å². The minimum atomic E-state index is -0.359. The van der Waals surface area contributed by atoms with Crippen molar-refractivity contribution in [3.8, 4) is 17.1 Å². The van der Waals surface area contributed by atoms with Crippen molar-refractivity contribution in [3.05, 3.63) is 65.3 Å². The van der Waals surface area contributed by atoms with Gasteiger partial charge in [-0.1, -0.05) is 22.8 Å². The summed E-state index contributed by atoms with van der Waals surface area (Å²) in [6.45, 7) is 0. The van der Waals surface area contributed by atoms with E-state index in [-0.39, 0.29) is 11.6 Å². The number of aromatic nitrogens is 1. The van der Waals surface area contributed by atoms with Crippen molar-refractivity contribution < 1.29 is 14.1 Å². The monoisotopic (exact) mass is 328 g/mol. The van der Waals surface area contributed by atoms with Crippen LogP contribution in [0.15, 0.2) is 59.1 Å². The van der Waals surface area contributed by atoms with E-state index in [1.807, 2.05) is 0 Å². The molecule has 0 atom stereocenters. The van der Waals surface area contributed by atoms with Crippen molar-refractivity contribution in [2.45, 2.75) is 0 Å². The second-order valence-corrected chi connectivity index (χ2v) is 5.21. The number of benzene rings is 2. The molecule has 3 aromatic rings. The standard InChI is InChI=1S/C17H13ClN2O3/c1-22-14-4-2-3-13(9-14)19-17(21)15-10-16(23-20-15)11-5-7-12(18)8-6-11/h2-10H,1H3,(H,19,21). The van der Waals surface area contributed by atoms with Crippen LogP contribution in [0.5, 0.6) is 5.75 Å². The first-order valence-corrected chi connectivity index (χ1v) is 7.21. The maximum Gasteiger partial charge on any atom is 0.277 e. The quantitative estimate of drug-likeness (QED) is 0.777. The number of carbonyl (C=O) groups is 1. The van der Waals surface area contributed by atoms with E-state index in [4.69, 9.17) is 20.9 Å². The molecular weight excluding hydrogens is 316 g/mol. The number of methoxy groups -OCH3 is 1. The largest absolute Gasteiger partial charge is 0.497 e. The molecule has 0 saturated carbocycles. The zero-order valence-electron chi connectivity index (χ0n) is 12.2. The molecule has 23 heavy (non-hydrogen) atoms. The Morgan fingerprint density at radius 2 is 1.96 bits per heavy atom. The Hall–Kier alpha value is -2.79. The van der Waals surface area contributed by atoms with Crippen LogP contribution in [0.3, 0.4) is 0 Å². The Morgan fingerprint density at radius 1 is 1.17 bits per heavy atom. The Balaban J connectivity index is 1.76. The number of hydrogen-bond donors (Lipinski definition) is 1. The fourth-order valence-electron chi connectivity index (χ4n) is 2.03. The van der Waals surface area contributed by atoms with Gasteiger partial charge in [-0.25, -0.2) is 0 Å². The molecule has 0 aliphatic heterocycles. The molecule has 0 bridgehead atoms. The first-order chi connectivity index (χ1) is 11.2. The minimum Gasteiger partial charge on any atom is -0.497 e. The molecule has 1 amide bonds. The number of halogens is 1. The smallest absolute Gasteiger partial charge is 0.277 e. The Morgan fingerprint density at radius 3 is 2.70 bits per heavy atom. The van der Waals surface area contributed by atoms with Crippen molar-refractivity contribution in [2.24, 2.45) is 0 Å². The minimum absolute atomic E-state index is 0.192. The average Bonchev–Trinajstić information content (AvgIpc) is 3.06. The second-order valence-electron chi connectivity index (χ2n) is 4.77. The molecule has 0 radical (unpaired) electrons. The molecule has 1 N–H and O–H groups in total. The van der Waals surface area contributed by atoms with Gasteiger partial charge in [0.1, 0.15) is 5.75 Å². The van der Waals surface area contributed by atoms with Gasteiger partial charge in [0, 0.05) is 28.4 Å². The summed E-state index contributed by atoms with van der Waals surface area (Å²) in [6, 6.07) is 15.7. The number of nitrogens with one attached hydrogen (secondary N) is 1. The third-order valence-electron chi connectivity index (χ3n) is 3.20. The number of hydrogen-bond acceptors (Lipinski definition) is 4. The van der Waals surface area contributed by atoms with Crippen LogP contribution in [-0.4, -0.2) is 18.2 Å². The van der Waals surface area contributed by atoms with Crippen molar-refractivity contribution in [2.75, 3.05) is 12.4 Å². The molecule has 0 aliphatic carbocycles. The lowest BCUT2D eigenvalue weighted by Crippen LogP contribution is -2.12. The summed E-state index contributed by atoms with van der Waals surface area (Å²) < 4.78 is 10.3. The summed E-state index contributed by atoms with van der Waals surface area (Å²) in [7, 11) is 1.57. The van der Waals surface area contributed by atoms with Crippen LogP contribution in [0.4, 0.5) is 5.69 Å². The maximum atomic E-state index is 12.2. The molecule has 1 aromatic heterocycles. The Kier molecular flexibility index (Phi) is 4.30. The summed E-state index contributed by atoms with van der Waals surface area (Å²) in [5, 5.41) is 7.18. The summed E-state index contributed by atoms with van der Waals surface area (Å²) in [5.74, 6) is 0.796. The Bertz CT molecular complexity index is 828. The first-order valence-electron chi connectivity index (χ1n) is 6.84. The highest BCUT2D eigenvalue weighted by atomic mass is 35.5. The van der Waals surface area contributed by atoms with Crippen LogP contribution in [0.1, 0.15) is 10.5 Å². The molecule has 3 rings (SSSR count). The summed E-state index contributed by atoms with van der Waals surface area (Å²) in [4.78, 5) is 12.2. The van der Waals surface area contributed by atoms with Crippen LogP contribution in [0.25, 0.3) is 11.3 Å². The highest BCUT2D eigenvalue weighted by molar-refractivity contribution is 6.30. The van der Waals surface area contributed by atoms with Gasteiger partial charge in [-0.15, -0.1) is 0 Å². The van der Waals surface area contributed by atoms with E-state index in [1.54, 1.807) is 61.7 Å². The molecule has 0 spiro atoms. The third-order valence-corrected chi connectivity index (χ3v) is 3.45. The molecule has 5 nitrogen and oxygen atoms in total. The van der Waals surface area contributed by atoms with Gasteiger partial charge in [0.15, 0.2) is 11.5 Å². The number of carbonyl (C=O) groups excluding carboxylic acids is 1. The number of amides is 1. The van der Waals surface area contributed by atoms with E-state index >= 15 is 0 Å². The van der Waals surface area contributed by atoms with Gasteiger partial charge in [0.2, 0.25) is 0 Å². The molecule has 1 heterocycles. The Labute approximate surface area is 137 Å². The van der Waals surface area contributed by atoms with E-state index in [2.05, 4.69) is 10.5 Å². The van der Waals surface area contributed by atoms with Gasteiger partial charge < -0.3 is 14.6 Å². The van der Waals surface area contributed by atoms with Gasteiger partial charge in [0.25, 0.3) is 5.91 Å². The lowest BCUT2D eigenvalue weighted by molar-refractivity contribution is 0.101. The van der Waals surface area contributed by atoms with Crippen LogP contribution in [0, 0.1) is 0 Å². The number of nitrogens with zero attached hydrogens (tertiary/aromatic N) is 1. The summed E-state index contributed by atoms with van der Waals surface area (Å²) in [6.07, 6.45) is 0.